The number of rotatable bonds is 4. The molecule has 2 heterocycles. The molecule has 0 aliphatic carbocycles. The summed E-state index contributed by atoms with van der Waals surface area (Å²) >= 11 is 0. The van der Waals surface area contributed by atoms with Crippen LogP contribution in [0.4, 0.5) is 0 Å². The van der Waals surface area contributed by atoms with Crippen LogP contribution in [-0.4, -0.2) is 60.9 Å². The molecule has 1 N–H and O–H groups in total. The molecule has 1 atom stereocenters. The molecule has 1 unspecified atom stereocenters. The van der Waals surface area contributed by atoms with Gasteiger partial charge in [-0.2, -0.15) is 0 Å². The normalized spacial score (nSPS) is 21.0. The van der Waals surface area contributed by atoms with Gasteiger partial charge in [0.05, 0.1) is 12.3 Å². The highest BCUT2D eigenvalue weighted by atomic mass is 35.5. The van der Waals surface area contributed by atoms with Gasteiger partial charge in [0.1, 0.15) is 0 Å². The second-order valence-corrected chi connectivity index (χ2v) is 7.27. The van der Waals surface area contributed by atoms with Crippen molar-refractivity contribution in [2.24, 2.45) is 5.92 Å². The molecule has 5 nitrogen and oxygen atoms in total. The average Bonchev–Trinajstić information content (AvgIpc) is 2.68. The molecule has 1 aromatic carbocycles. The van der Waals surface area contributed by atoms with E-state index in [-0.39, 0.29) is 30.1 Å². The lowest BCUT2D eigenvalue weighted by Gasteiger charge is -2.37. The fourth-order valence-corrected chi connectivity index (χ4v) is 3.95. The molecule has 26 heavy (non-hydrogen) atoms. The first kappa shape index (κ1) is 20.7. The van der Waals surface area contributed by atoms with Crippen LogP contribution in [0, 0.1) is 5.92 Å². The van der Waals surface area contributed by atoms with Crippen LogP contribution in [0.1, 0.15) is 31.2 Å². The molecule has 0 radical (unpaired) electrons. The van der Waals surface area contributed by atoms with E-state index in [0.29, 0.717) is 19.0 Å². The van der Waals surface area contributed by atoms with Crippen LogP contribution in [0.5, 0.6) is 0 Å². The standard InChI is InChI=1S/C20H29N3O2.ClH/c1-22(18-9-11-21-12-10-18)20(25)17-8-5-13-23(15-17)19(24)14-16-6-3-2-4-7-16;/h2-4,6-7,17-18,21H,5,8-15H2,1H3;1H. The Morgan fingerprint density at radius 3 is 2.54 bits per heavy atom. The maximum Gasteiger partial charge on any atom is 0.227 e. The lowest BCUT2D eigenvalue weighted by Crippen LogP contribution is -2.50. The van der Waals surface area contributed by atoms with Crippen molar-refractivity contribution in [1.29, 1.82) is 0 Å². The quantitative estimate of drug-likeness (QED) is 0.871. The maximum absolute atomic E-state index is 12.9. The molecule has 2 fully saturated rings. The molecule has 2 aliphatic rings. The zero-order chi connectivity index (χ0) is 17.6. The average molecular weight is 380 g/mol. The predicted octanol–water partition coefficient (Wildman–Crippen LogP) is 2.10. The Labute approximate surface area is 162 Å². The van der Waals surface area contributed by atoms with E-state index < -0.39 is 0 Å². The number of piperidine rings is 2. The fourth-order valence-electron chi connectivity index (χ4n) is 3.95. The molecule has 6 heteroatoms. The van der Waals surface area contributed by atoms with Crippen LogP contribution in [-0.2, 0) is 16.0 Å². The van der Waals surface area contributed by atoms with E-state index >= 15 is 0 Å². The highest BCUT2D eigenvalue weighted by Crippen LogP contribution is 2.22. The van der Waals surface area contributed by atoms with Crippen molar-refractivity contribution < 1.29 is 9.59 Å². The number of halogens is 1. The summed E-state index contributed by atoms with van der Waals surface area (Å²) in [5.41, 5.74) is 1.03. The predicted molar refractivity (Wildman–Crippen MR) is 105 cm³/mol. The molecule has 0 aromatic heterocycles. The van der Waals surface area contributed by atoms with Gasteiger partial charge < -0.3 is 15.1 Å². The fraction of sp³-hybridized carbons (Fsp3) is 0.600. The van der Waals surface area contributed by atoms with E-state index in [1.54, 1.807) is 0 Å². The van der Waals surface area contributed by atoms with Crippen LogP contribution in [0.25, 0.3) is 0 Å². The van der Waals surface area contributed by atoms with Gasteiger partial charge in [-0.25, -0.2) is 0 Å². The third kappa shape index (κ3) is 5.21. The van der Waals surface area contributed by atoms with Gasteiger partial charge >= 0.3 is 0 Å². The molecule has 0 bridgehead atoms. The van der Waals surface area contributed by atoms with E-state index in [9.17, 15) is 9.59 Å². The molecule has 144 valence electrons. The van der Waals surface area contributed by atoms with Crippen molar-refractivity contribution in [2.45, 2.75) is 38.1 Å². The summed E-state index contributed by atoms with van der Waals surface area (Å²) in [4.78, 5) is 29.3. The van der Waals surface area contributed by atoms with Crippen LogP contribution < -0.4 is 5.32 Å². The molecular formula is C20H30ClN3O2. The molecule has 2 amide bonds. The van der Waals surface area contributed by atoms with Gasteiger partial charge in [-0.3, -0.25) is 9.59 Å². The second-order valence-electron chi connectivity index (χ2n) is 7.27. The third-order valence-corrected chi connectivity index (χ3v) is 5.53. The number of carbonyl (C=O) groups is 2. The van der Waals surface area contributed by atoms with Crippen molar-refractivity contribution in [1.82, 2.24) is 15.1 Å². The van der Waals surface area contributed by atoms with Crippen molar-refractivity contribution in [3.63, 3.8) is 0 Å². The van der Waals surface area contributed by atoms with Crippen molar-refractivity contribution in [3.8, 4) is 0 Å². The summed E-state index contributed by atoms with van der Waals surface area (Å²) in [6.07, 6.45) is 4.27. The topological polar surface area (TPSA) is 52.7 Å². The molecule has 2 aliphatic heterocycles. The van der Waals surface area contributed by atoms with E-state index in [0.717, 1.165) is 50.9 Å². The van der Waals surface area contributed by atoms with Crippen LogP contribution in [0.2, 0.25) is 0 Å². The number of amides is 2. The minimum absolute atomic E-state index is 0. The third-order valence-electron chi connectivity index (χ3n) is 5.53. The Kier molecular flexibility index (Phi) is 7.91. The van der Waals surface area contributed by atoms with Gasteiger partial charge in [0, 0.05) is 26.2 Å². The van der Waals surface area contributed by atoms with Crippen molar-refractivity contribution in [2.75, 3.05) is 33.2 Å². The summed E-state index contributed by atoms with van der Waals surface area (Å²) < 4.78 is 0. The second kappa shape index (κ2) is 9.93. The lowest BCUT2D eigenvalue weighted by atomic mass is 9.94. The van der Waals surface area contributed by atoms with Gasteiger partial charge in [-0.05, 0) is 44.3 Å². The summed E-state index contributed by atoms with van der Waals surface area (Å²) in [5, 5.41) is 3.34. The smallest absolute Gasteiger partial charge is 0.227 e. The first-order valence-corrected chi connectivity index (χ1v) is 9.44. The minimum atomic E-state index is -0.0478. The zero-order valence-corrected chi connectivity index (χ0v) is 16.3. The van der Waals surface area contributed by atoms with E-state index in [4.69, 9.17) is 0 Å². The molecule has 2 saturated heterocycles. The Morgan fingerprint density at radius 2 is 1.85 bits per heavy atom. The Morgan fingerprint density at radius 1 is 1.15 bits per heavy atom. The van der Waals surface area contributed by atoms with E-state index in [2.05, 4.69) is 5.32 Å². The minimum Gasteiger partial charge on any atom is -0.342 e. The highest BCUT2D eigenvalue weighted by molar-refractivity contribution is 5.85. The number of nitrogens with zero attached hydrogens (tertiary/aromatic N) is 2. The summed E-state index contributed by atoms with van der Waals surface area (Å²) in [6, 6.07) is 10.2. The highest BCUT2D eigenvalue weighted by Gasteiger charge is 2.32. The van der Waals surface area contributed by atoms with Crippen LogP contribution in [0.3, 0.4) is 0 Å². The Bertz CT molecular complexity index is 590. The number of benzene rings is 1. The van der Waals surface area contributed by atoms with Crippen LogP contribution >= 0.6 is 12.4 Å². The van der Waals surface area contributed by atoms with Crippen LogP contribution in [0.15, 0.2) is 30.3 Å². The molecule has 1 aromatic rings. The van der Waals surface area contributed by atoms with Gasteiger partial charge in [0.15, 0.2) is 0 Å². The number of hydrogen-bond donors (Lipinski definition) is 1. The number of likely N-dealkylation sites (tertiary alicyclic amines) is 1. The molecule has 0 saturated carbocycles. The van der Waals surface area contributed by atoms with Gasteiger partial charge in [0.25, 0.3) is 0 Å². The zero-order valence-electron chi connectivity index (χ0n) is 15.5. The lowest BCUT2D eigenvalue weighted by molar-refractivity contribution is -0.141. The van der Waals surface area contributed by atoms with Crippen molar-refractivity contribution >= 4 is 24.2 Å². The number of carbonyl (C=O) groups excluding carboxylic acids is 2. The summed E-state index contributed by atoms with van der Waals surface area (Å²) in [7, 11) is 1.93. The number of hydrogen-bond acceptors (Lipinski definition) is 3. The van der Waals surface area contributed by atoms with Crippen molar-refractivity contribution in [3.05, 3.63) is 35.9 Å². The molecular weight excluding hydrogens is 350 g/mol. The Balaban J connectivity index is 0.00000243. The van der Waals surface area contributed by atoms with E-state index in [1.165, 1.54) is 0 Å². The first-order chi connectivity index (χ1) is 12.1. The monoisotopic (exact) mass is 379 g/mol. The van der Waals surface area contributed by atoms with Gasteiger partial charge in [-0.1, -0.05) is 30.3 Å². The molecule has 3 rings (SSSR count). The SMILES string of the molecule is CN(C(=O)C1CCCN(C(=O)Cc2ccccc2)C1)C1CCNCC1.Cl. The van der Waals surface area contributed by atoms with Gasteiger partial charge in [0.2, 0.25) is 11.8 Å². The number of nitrogens with one attached hydrogen (secondary N) is 1. The van der Waals surface area contributed by atoms with E-state index in [1.807, 2.05) is 47.2 Å². The molecule has 0 spiro atoms. The summed E-state index contributed by atoms with van der Waals surface area (Å²) in [6.45, 7) is 3.30. The Hall–Kier alpha value is -1.59. The first-order valence-electron chi connectivity index (χ1n) is 9.44. The summed E-state index contributed by atoms with van der Waals surface area (Å²) in [5.74, 6) is 0.297. The van der Waals surface area contributed by atoms with Gasteiger partial charge in [-0.15, -0.1) is 12.4 Å². The maximum atomic E-state index is 12.9. The largest absolute Gasteiger partial charge is 0.342 e.